The second kappa shape index (κ2) is 3.29. The Kier molecular flexibility index (Phi) is 1.95. The highest BCUT2D eigenvalue weighted by Crippen LogP contribution is 2.76. The summed E-state index contributed by atoms with van der Waals surface area (Å²) in [6, 6.07) is 0. The first-order chi connectivity index (χ1) is 9.89. The van der Waals surface area contributed by atoms with Crippen molar-refractivity contribution in [1.29, 1.82) is 0 Å². The standard InChI is InChI=1S/C14H17F3N4/c15-14(16,17)13(1-2-13)10-19-9(20-21-10)12-5-11(6-12,7-12)8-3-18-4-8/h8,18H,1-7H2,(H,19,20,21). The van der Waals surface area contributed by atoms with Crippen LogP contribution in [0.15, 0.2) is 0 Å². The molecule has 6 rings (SSSR count). The molecule has 4 nitrogen and oxygen atoms in total. The van der Waals surface area contributed by atoms with Crippen molar-refractivity contribution in [3.05, 3.63) is 11.6 Å². The third-order valence-electron chi connectivity index (χ3n) is 6.45. The molecule has 1 aromatic heterocycles. The lowest BCUT2D eigenvalue weighted by atomic mass is 9.31. The van der Waals surface area contributed by atoms with Gasteiger partial charge in [0, 0.05) is 5.41 Å². The summed E-state index contributed by atoms with van der Waals surface area (Å²) in [5.41, 5.74) is -1.29. The van der Waals surface area contributed by atoms with Crippen LogP contribution in [0.1, 0.15) is 43.8 Å². The molecule has 21 heavy (non-hydrogen) atoms. The fraction of sp³-hybridized carbons (Fsp3) is 0.857. The van der Waals surface area contributed by atoms with E-state index in [0.717, 1.165) is 38.3 Å². The third-order valence-corrected chi connectivity index (χ3v) is 6.45. The summed E-state index contributed by atoms with van der Waals surface area (Å²) < 4.78 is 39.4. The Bertz CT molecular complexity index is 592. The molecular formula is C14H17F3N4. The number of aromatic amines is 1. The van der Waals surface area contributed by atoms with Crippen molar-refractivity contribution in [2.45, 2.75) is 49.1 Å². The topological polar surface area (TPSA) is 53.6 Å². The van der Waals surface area contributed by atoms with Gasteiger partial charge in [-0.25, -0.2) is 0 Å². The lowest BCUT2D eigenvalue weighted by Crippen LogP contribution is -2.72. The number of alkyl halides is 3. The van der Waals surface area contributed by atoms with E-state index in [1.807, 2.05) is 0 Å². The number of halogens is 3. The van der Waals surface area contributed by atoms with E-state index in [9.17, 15) is 13.2 Å². The van der Waals surface area contributed by atoms with E-state index in [2.05, 4.69) is 20.5 Å². The molecule has 4 saturated carbocycles. The van der Waals surface area contributed by atoms with Crippen LogP contribution in [-0.4, -0.2) is 34.4 Å². The molecule has 1 saturated heterocycles. The summed E-state index contributed by atoms with van der Waals surface area (Å²) in [4.78, 5) is 2.94. The average molecular weight is 298 g/mol. The minimum absolute atomic E-state index is 0.00250. The first-order valence-electron chi connectivity index (χ1n) is 7.60. The van der Waals surface area contributed by atoms with Gasteiger partial charge in [-0.3, -0.25) is 0 Å². The van der Waals surface area contributed by atoms with Gasteiger partial charge in [0.2, 0.25) is 0 Å². The second-order valence-corrected chi connectivity index (χ2v) is 7.63. The molecule has 7 heteroatoms. The van der Waals surface area contributed by atoms with E-state index >= 15 is 0 Å². The zero-order valence-corrected chi connectivity index (χ0v) is 11.6. The number of hydrogen-bond acceptors (Lipinski definition) is 3. The average Bonchev–Trinajstić information content (AvgIpc) is 2.92. The van der Waals surface area contributed by atoms with Crippen LogP contribution in [0.25, 0.3) is 0 Å². The normalized spacial score (nSPS) is 40.1. The molecule has 5 aliphatic rings. The number of nitrogens with one attached hydrogen (secondary N) is 2. The SMILES string of the molecule is FC(F)(F)C1(c2nnc(C34CC(C5CNC5)(C3)C4)[nH]2)CC1. The fourth-order valence-electron chi connectivity index (χ4n) is 4.77. The van der Waals surface area contributed by atoms with Gasteiger partial charge in [0.1, 0.15) is 17.1 Å². The maximum absolute atomic E-state index is 13.1. The Labute approximate surface area is 119 Å². The van der Waals surface area contributed by atoms with E-state index in [1.165, 1.54) is 0 Å². The van der Waals surface area contributed by atoms with Crippen molar-refractivity contribution in [2.75, 3.05) is 13.1 Å². The van der Waals surface area contributed by atoms with Gasteiger partial charge in [0.15, 0.2) is 0 Å². The van der Waals surface area contributed by atoms with Crippen molar-refractivity contribution in [1.82, 2.24) is 20.5 Å². The van der Waals surface area contributed by atoms with E-state index in [4.69, 9.17) is 0 Å². The van der Waals surface area contributed by atoms with Gasteiger partial charge in [0.25, 0.3) is 0 Å². The van der Waals surface area contributed by atoms with Gasteiger partial charge in [-0.05, 0) is 56.5 Å². The van der Waals surface area contributed by atoms with Crippen LogP contribution in [0.4, 0.5) is 13.2 Å². The van der Waals surface area contributed by atoms with E-state index in [0.29, 0.717) is 11.2 Å². The second-order valence-electron chi connectivity index (χ2n) is 7.63. The molecule has 0 atom stereocenters. The van der Waals surface area contributed by atoms with Crippen LogP contribution < -0.4 is 5.32 Å². The molecule has 0 spiro atoms. The lowest BCUT2D eigenvalue weighted by Gasteiger charge is -2.73. The minimum atomic E-state index is -4.22. The van der Waals surface area contributed by atoms with Crippen LogP contribution in [0.2, 0.25) is 0 Å². The maximum atomic E-state index is 13.1. The molecule has 1 aliphatic heterocycles. The quantitative estimate of drug-likeness (QED) is 0.898. The summed E-state index contributed by atoms with van der Waals surface area (Å²) >= 11 is 0. The van der Waals surface area contributed by atoms with Crippen LogP contribution in [0.3, 0.4) is 0 Å². The molecule has 2 heterocycles. The number of hydrogen-bond donors (Lipinski definition) is 2. The number of H-pyrrole nitrogens is 1. The molecule has 1 aromatic rings. The molecule has 5 fully saturated rings. The summed E-state index contributed by atoms with van der Waals surface area (Å²) in [6.45, 7) is 2.18. The van der Waals surface area contributed by atoms with Crippen LogP contribution in [0, 0.1) is 11.3 Å². The van der Waals surface area contributed by atoms with Gasteiger partial charge in [-0.1, -0.05) is 0 Å². The summed E-state index contributed by atoms with van der Waals surface area (Å²) in [6.07, 6.45) is -0.742. The van der Waals surface area contributed by atoms with Crippen LogP contribution in [0.5, 0.6) is 0 Å². The lowest BCUT2D eigenvalue weighted by molar-refractivity contribution is -0.195. The third kappa shape index (κ3) is 1.32. The zero-order valence-electron chi connectivity index (χ0n) is 11.6. The van der Waals surface area contributed by atoms with Crippen molar-refractivity contribution < 1.29 is 13.2 Å². The molecule has 114 valence electrons. The molecule has 0 amide bonds. The highest BCUT2D eigenvalue weighted by molar-refractivity contribution is 5.34. The van der Waals surface area contributed by atoms with Gasteiger partial charge in [0.05, 0.1) is 0 Å². The minimum Gasteiger partial charge on any atom is -0.328 e. The summed E-state index contributed by atoms with van der Waals surface area (Å²) in [5.74, 6) is 1.49. The molecule has 2 bridgehead atoms. The first-order valence-corrected chi connectivity index (χ1v) is 7.60. The number of rotatable bonds is 3. The Hall–Kier alpha value is -1.11. The fourth-order valence-corrected chi connectivity index (χ4v) is 4.77. The Balaban J connectivity index is 1.37. The molecule has 2 N–H and O–H groups in total. The summed E-state index contributed by atoms with van der Waals surface area (Å²) in [7, 11) is 0. The largest absolute Gasteiger partial charge is 0.401 e. The Morgan fingerprint density at radius 2 is 1.62 bits per heavy atom. The van der Waals surface area contributed by atoms with Crippen molar-refractivity contribution in [3.8, 4) is 0 Å². The van der Waals surface area contributed by atoms with Crippen LogP contribution >= 0.6 is 0 Å². The van der Waals surface area contributed by atoms with E-state index < -0.39 is 11.6 Å². The molecular weight excluding hydrogens is 281 g/mol. The Morgan fingerprint density at radius 1 is 1.00 bits per heavy atom. The van der Waals surface area contributed by atoms with Crippen molar-refractivity contribution >= 4 is 0 Å². The predicted octanol–water partition coefficient (Wildman–Crippen LogP) is 2.04. The van der Waals surface area contributed by atoms with Crippen molar-refractivity contribution in [2.24, 2.45) is 11.3 Å². The molecule has 0 aromatic carbocycles. The van der Waals surface area contributed by atoms with Crippen molar-refractivity contribution in [3.63, 3.8) is 0 Å². The van der Waals surface area contributed by atoms with Gasteiger partial charge in [-0.15, -0.1) is 10.2 Å². The van der Waals surface area contributed by atoms with Crippen LogP contribution in [-0.2, 0) is 10.8 Å². The molecule has 4 aliphatic carbocycles. The monoisotopic (exact) mass is 298 g/mol. The Morgan fingerprint density at radius 3 is 2.10 bits per heavy atom. The van der Waals surface area contributed by atoms with Gasteiger partial charge in [-0.2, -0.15) is 13.2 Å². The highest BCUT2D eigenvalue weighted by Gasteiger charge is 2.73. The number of nitrogens with zero attached hydrogens (tertiary/aromatic N) is 2. The summed E-state index contributed by atoms with van der Waals surface area (Å²) in [5, 5.41) is 11.2. The predicted molar refractivity (Wildman–Crippen MR) is 67.7 cm³/mol. The molecule has 0 radical (unpaired) electrons. The zero-order chi connectivity index (χ0) is 14.5. The van der Waals surface area contributed by atoms with E-state index in [-0.39, 0.29) is 24.1 Å². The van der Waals surface area contributed by atoms with Gasteiger partial charge < -0.3 is 10.3 Å². The van der Waals surface area contributed by atoms with Gasteiger partial charge >= 0.3 is 6.18 Å². The maximum Gasteiger partial charge on any atom is 0.401 e. The number of aromatic nitrogens is 3. The smallest absolute Gasteiger partial charge is 0.328 e. The first kappa shape index (κ1) is 12.4. The highest BCUT2D eigenvalue weighted by atomic mass is 19.4. The molecule has 0 unspecified atom stereocenters. The van der Waals surface area contributed by atoms with E-state index in [1.54, 1.807) is 0 Å².